The van der Waals surface area contributed by atoms with Gasteiger partial charge in [0.1, 0.15) is 17.2 Å². The largest absolute Gasteiger partial charge is 0.480 e. The van der Waals surface area contributed by atoms with Crippen molar-refractivity contribution in [3.63, 3.8) is 0 Å². The third-order valence-corrected chi connectivity index (χ3v) is 6.31. The number of rotatable bonds is 7. The molecule has 5 rings (SSSR count). The van der Waals surface area contributed by atoms with Crippen molar-refractivity contribution in [2.24, 2.45) is 0 Å². The number of amides is 3. The van der Waals surface area contributed by atoms with Gasteiger partial charge in [-0.3, -0.25) is 14.4 Å². The summed E-state index contributed by atoms with van der Waals surface area (Å²) in [5.41, 5.74) is 0.699. The van der Waals surface area contributed by atoms with Crippen LogP contribution in [0, 0.1) is 0 Å². The average molecular weight is 520 g/mol. The minimum atomic E-state index is -1.29. The van der Waals surface area contributed by atoms with Crippen molar-refractivity contribution in [3.8, 4) is 17.2 Å². The van der Waals surface area contributed by atoms with Gasteiger partial charge >= 0.3 is 6.09 Å². The number of nitrogens with zero attached hydrogens (tertiary/aromatic N) is 4. The third kappa shape index (κ3) is 5.28. The van der Waals surface area contributed by atoms with E-state index in [9.17, 15) is 19.2 Å². The molecule has 0 spiro atoms. The zero-order valence-corrected chi connectivity index (χ0v) is 20.5. The topological polar surface area (TPSA) is 143 Å². The molecule has 12 nitrogen and oxygen atoms in total. The number of aromatic nitrogens is 2. The van der Waals surface area contributed by atoms with Crippen molar-refractivity contribution >= 4 is 29.6 Å². The second kappa shape index (κ2) is 10.2. The lowest BCUT2D eigenvalue weighted by Crippen LogP contribution is -2.41. The number of benzene rings is 2. The quantitative estimate of drug-likeness (QED) is 0.485. The Hall–Kier alpha value is -4.87. The van der Waals surface area contributed by atoms with E-state index in [-0.39, 0.29) is 34.7 Å². The van der Waals surface area contributed by atoms with Crippen LogP contribution in [0.15, 0.2) is 54.7 Å². The zero-order valence-electron chi connectivity index (χ0n) is 20.5. The van der Waals surface area contributed by atoms with E-state index in [1.165, 1.54) is 24.4 Å². The van der Waals surface area contributed by atoms with Crippen LogP contribution in [0.2, 0.25) is 0 Å². The molecule has 0 bridgehead atoms. The first-order valence-electron chi connectivity index (χ1n) is 12.0. The Morgan fingerprint density at radius 2 is 1.71 bits per heavy atom. The van der Waals surface area contributed by atoms with Crippen LogP contribution in [0.4, 0.5) is 10.6 Å². The van der Waals surface area contributed by atoms with E-state index < -0.39 is 18.1 Å². The fourth-order valence-corrected chi connectivity index (χ4v) is 4.08. The molecule has 3 heterocycles. The first-order valence-corrected chi connectivity index (χ1v) is 12.0. The lowest BCUT2D eigenvalue weighted by atomic mass is 10.1. The summed E-state index contributed by atoms with van der Waals surface area (Å²) in [7, 11) is 1.69. The normalized spacial score (nSPS) is 16.7. The van der Waals surface area contributed by atoms with E-state index in [1.807, 2.05) is 0 Å². The van der Waals surface area contributed by atoms with Crippen molar-refractivity contribution < 1.29 is 33.8 Å². The van der Waals surface area contributed by atoms with Crippen LogP contribution in [0.3, 0.4) is 0 Å². The summed E-state index contributed by atoms with van der Waals surface area (Å²) in [6.45, 7) is 2.07. The lowest BCUT2D eigenvalue weighted by molar-refractivity contribution is -0.132. The number of anilines is 1. The van der Waals surface area contributed by atoms with Gasteiger partial charge in [-0.05, 0) is 42.8 Å². The highest BCUT2D eigenvalue weighted by Crippen LogP contribution is 2.30. The number of ether oxygens (including phenoxy) is 2. The SMILES string of the molecule is CN1CC[C@H](Oc2cc(Oc3ccc(C(=O)N4CCC4)cc3)cc(C(=O)Nc3ccn(C(=O)O)n3)c2)C1=O. The maximum Gasteiger partial charge on any atom is 0.432 e. The number of nitrogens with one attached hydrogen (secondary N) is 1. The number of likely N-dealkylation sites (tertiary alicyclic amines) is 2. The summed E-state index contributed by atoms with van der Waals surface area (Å²) in [4.78, 5) is 52.2. The van der Waals surface area contributed by atoms with Crippen LogP contribution in [-0.2, 0) is 4.79 Å². The molecule has 0 radical (unpaired) electrons. The van der Waals surface area contributed by atoms with Crippen molar-refractivity contribution in [1.82, 2.24) is 19.6 Å². The maximum atomic E-state index is 13.0. The molecule has 2 aromatic carbocycles. The van der Waals surface area contributed by atoms with E-state index in [0.717, 1.165) is 19.5 Å². The minimum Gasteiger partial charge on any atom is -0.480 e. The molecule has 2 aliphatic rings. The Bertz CT molecular complexity index is 1400. The molecule has 0 saturated carbocycles. The van der Waals surface area contributed by atoms with Crippen LogP contribution in [0.25, 0.3) is 0 Å². The van der Waals surface area contributed by atoms with E-state index in [4.69, 9.17) is 14.6 Å². The van der Waals surface area contributed by atoms with E-state index in [1.54, 1.807) is 47.2 Å². The molecular formula is C26H25N5O7. The minimum absolute atomic E-state index is 0.0336. The molecule has 3 amide bonds. The van der Waals surface area contributed by atoms with Gasteiger partial charge in [-0.15, -0.1) is 5.10 Å². The van der Waals surface area contributed by atoms with Gasteiger partial charge in [-0.25, -0.2) is 4.79 Å². The van der Waals surface area contributed by atoms with Gasteiger partial charge in [-0.1, -0.05) is 0 Å². The summed E-state index contributed by atoms with van der Waals surface area (Å²) >= 11 is 0. The van der Waals surface area contributed by atoms with Gasteiger partial charge in [0.15, 0.2) is 11.9 Å². The lowest BCUT2D eigenvalue weighted by Gasteiger charge is -2.30. The Balaban J connectivity index is 1.37. The molecule has 0 unspecified atom stereocenters. The second-order valence-corrected chi connectivity index (χ2v) is 9.00. The number of hydrogen-bond acceptors (Lipinski definition) is 7. The van der Waals surface area contributed by atoms with Crippen LogP contribution in [0.5, 0.6) is 17.2 Å². The van der Waals surface area contributed by atoms with E-state index in [2.05, 4.69) is 10.4 Å². The molecule has 1 aromatic heterocycles. The van der Waals surface area contributed by atoms with Crippen molar-refractivity contribution in [2.75, 3.05) is 32.0 Å². The molecule has 2 fully saturated rings. The predicted octanol–water partition coefficient (Wildman–Crippen LogP) is 2.91. The van der Waals surface area contributed by atoms with Gasteiger partial charge < -0.3 is 29.7 Å². The number of likely N-dealkylation sites (N-methyl/N-ethyl adjacent to an activating group) is 1. The Morgan fingerprint density at radius 1 is 0.974 bits per heavy atom. The summed E-state index contributed by atoms with van der Waals surface area (Å²) < 4.78 is 12.5. The molecule has 2 saturated heterocycles. The fourth-order valence-electron chi connectivity index (χ4n) is 4.08. The predicted molar refractivity (Wildman–Crippen MR) is 134 cm³/mol. The number of carbonyl (C=O) groups excluding carboxylic acids is 3. The molecule has 2 aliphatic heterocycles. The number of carbonyl (C=O) groups is 4. The summed E-state index contributed by atoms with van der Waals surface area (Å²) in [5.74, 6) is 0.219. The Morgan fingerprint density at radius 3 is 2.32 bits per heavy atom. The molecule has 2 N–H and O–H groups in total. The van der Waals surface area contributed by atoms with Crippen molar-refractivity contribution in [2.45, 2.75) is 18.9 Å². The van der Waals surface area contributed by atoms with Gasteiger partial charge in [0.2, 0.25) is 0 Å². The van der Waals surface area contributed by atoms with Gasteiger partial charge in [0, 0.05) is 62.6 Å². The smallest absolute Gasteiger partial charge is 0.432 e. The van der Waals surface area contributed by atoms with E-state index in [0.29, 0.717) is 29.0 Å². The molecule has 38 heavy (non-hydrogen) atoms. The van der Waals surface area contributed by atoms with Crippen LogP contribution in [0.1, 0.15) is 33.6 Å². The van der Waals surface area contributed by atoms with Gasteiger partial charge in [0.05, 0.1) is 0 Å². The average Bonchev–Trinajstić information content (AvgIpc) is 3.45. The summed E-state index contributed by atoms with van der Waals surface area (Å²) in [6.07, 6.45) is 0.724. The first-order chi connectivity index (χ1) is 18.3. The molecule has 12 heteroatoms. The molecular weight excluding hydrogens is 494 g/mol. The van der Waals surface area contributed by atoms with Gasteiger partial charge in [-0.2, -0.15) is 4.68 Å². The highest BCUT2D eigenvalue weighted by Gasteiger charge is 2.31. The second-order valence-electron chi connectivity index (χ2n) is 9.00. The molecule has 196 valence electrons. The molecule has 1 atom stereocenters. The Kier molecular flexibility index (Phi) is 6.69. The standard InChI is InChI=1S/C26H25N5O7/c1-29-11-7-21(25(29)34)38-20-14-17(23(32)27-22-8-12-31(28-22)26(35)36)13-19(15-20)37-18-5-3-16(4-6-18)24(33)30-9-2-10-30/h3-6,8,12-15,21H,2,7,9-11H2,1H3,(H,35,36)(H,27,28,32)/t21-/m0/s1. The van der Waals surface area contributed by atoms with Crippen LogP contribution >= 0.6 is 0 Å². The summed E-state index contributed by atoms with van der Waals surface area (Å²) in [5, 5.41) is 15.3. The zero-order chi connectivity index (χ0) is 26.8. The maximum absolute atomic E-state index is 13.0. The monoisotopic (exact) mass is 519 g/mol. The highest BCUT2D eigenvalue weighted by atomic mass is 16.5. The van der Waals surface area contributed by atoms with Crippen LogP contribution < -0.4 is 14.8 Å². The third-order valence-electron chi connectivity index (χ3n) is 6.31. The number of hydrogen-bond donors (Lipinski definition) is 2. The van der Waals surface area contributed by atoms with Gasteiger partial charge in [0.25, 0.3) is 17.7 Å². The van der Waals surface area contributed by atoms with Crippen molar-refractivity contribution in [3.05, 3.63) is 65.9 Å². The van der Waals surface area contributed by atoms with Crippen LogP contribution in [-0.4, -0.2) is 81.3 Å². The molecule has 0 aliphatic carbocycles. The summed E-state index contributed by atoms with van der Waals surface area (Å²) in [6, 6.07) is 12.5. The van der Waals surface area contributed by atoms with Crippen molar-refractivity contribution in [1.29, 1.82) is 0 Å². The molecule has 3 aromatic rings. The first kappa shape index (κ1) is 24.8. The highest BCUT2D eigenvalue weighted by molar-refractivity contribution is 6.04. The number of carboxylic acid groups (broad SMARTS) is 1. The van der Waals surface area contributed by atoms with E-state index >= 15 is 0 Å². The fraction of sp³-hybridized carbons (Fsp3) is 0.269. The Labute approximate surface area is 217 Å².